The summed E-state index contributed by atoms with van der Waals surface area (Å²) < 4.78 is 0. The molecule has 3 atom stereocenters. The smallest absolute Gasteiger partial charge is 0.222 e. The number of amides is 1. The van der Waals surface area contributed by atoms with E-state index in [1.807, 2.05) is 0 Å². The molecular formula is C34H69NO4. The highest BCUT2D eigenvalue weighted by molar-refractivity contribution is 5.76. The van der Waals surface area contributed by atoms with Crippen molar-refractivity contribution in [3.8, 4) is 0 Å². The van der Waals surface area contributed by atoms with Crippen LogP contribution in [0, 0.1) is 0 Å². The Labute approximate surface area is 243 Å². The number of unbranched alkanes of at least 4 members (excludes halogenated alkanes) is 22. The van der Waals surface area contributed by atoms with Crippen molar-refractivity contribution in [2.45, 2.75) is 205 Å². The van der Waals surface area contributed by atoms with Gasteiger partial charge in [-0.25, -0.2) is 0 Å². The molecule has 0 bridgehead atoms. The van der Waals surface area contributed by atoms with Crippen LogP contribution < -0.4 is 5.32 Å². The monoisotopic (exact) mass is 556 g/mol. The van der Waals surface area contributed by atoms with Gasteiger partial charge in [-0.3, -0.25) is 4.79 Å². The zero-order valence-electron chi connectivity index (χ0n) is 26.3. The summed E-state index contributed by atoms with van der Waals surface area (Å²) in [4.78, 5) is 12.3. The molecule has 0 unspecified atom stereocenters. The molecule has 0 aliphatic heterocycles. The molecule has 0 saturated carbocycles. The number of carbonyl (C=O) groups excluding carboxylic acids is 1. The van der Waals surface area contributed by atoms with Crippen molar-refractivity contribution < 1.29 is 20.1 Å². The van der Waals surface area contributed by atoms with Gasteiger partial charge in [0.15, 0.2) is 0 Å². The molecule has 0 spiro atoms. The van der Waals surface area contributed by atoms with Gasteiger partial charge in [-0.15, -0.1) is 0 Å². The third-order valence-electron chi connectivity index (χ3n) is 8.17. The molecule has 0 saturated heterocycles. The van der Waals surface area contributed by atoms with Gasteiger partial charge in [0.05, 0.1) is 31.3 Å². The molecular weight excluding hydrogens is 486 g/mol. The maximum atomic E-state index is 12.3. The van der Waals surface area contributed by atoms with Crippen molar-refractivity contribution in [2.75, 3.05) is 6.61 Å². The molecule has 1 amide bonds. The Morgan fingerprint density at radius 2 is 0.872 bits per heavy atom. The fraction of sp³-hybridized carbons (Fsp3) is 0.971. The molecule has 0 aromatic rings. The molecule has 0 aromatic heterocycles. The van der Waals surface area contributed by atoms with Gasteiger partial charge >= 0.3 is 0 Å². The number of carbonyl (C=O) groups is 1. The van der Waals surface area contributed by atoms with Crippen LogP contribution in [0.5, 0.6) is 0 Å². The summed E-state index contributed by atoms with van der Waals surface area (Å²) in [6.07, 6.45) is 30.4. The van der Waals surface area contributed by atoms with Gasteiger partial charge in [0.1, 0.15) is 0 Å². The van der Waals surface area contributed by atoms with Crippen molar-refractivity contribution in [1.29, 1.82) is 0 Å². The number of nitrogens with one attached hydrogen (secondary N) is 1. The quantitative estimate of drug-likeness (QED) is 0.0644. The Balaban J connectivity index is 3.68. The minimum Gasteiger partial charge on any atom is -0.394 e. The molecule has 0 aromatic carbocycles. The van der Waals surface area contributed by atoms with Crippen molar-refractivity contribution in [3.05, 3.63) is 0 Å². The average Bonchev–Trinajstić information content (AvgIpc) is 2.92. The summed E-state index contributed by atoms with van der Waals surface area (Å²) in [7, 11) is 0. The maximum absolute atomic E-state index is 12.3. The van der Waals surface area contributed by atoms with Gasteiger partial charge in [0.2, 0.25) is 5.91 Å². The van der Waals surface area contributed by atoms with E-state index in [1.165, 1.54) is 128 Å². The van der Waals surface area contributed by atoms with Crippen LogP contribution in [-0.2, 0) is 4.79 Å². The number of hydrogen-bond donors (Lipinski definition) is 4. The molecule has 0 radical (unpaired) electrons. The Kier molecular flexibility index (Phi) is 29.8. The van der Waals surface area contributed by atoms with Gasteiger partial charge in [-0.2, -0.15) is 0 Å². The number of aliphatic hydroxyl groups excluding tert-OH is 3. The van der Waals surface area contributed by atoms with Crippen molar-refractivity contribution in [2.24, 2.45) is 0 Å². The van der Waals surface area contributed by atoms with E-state index in [0.717, 1.165) is 25.7 Å². The van der Waals surface area contributed by atoms with Gasteiger partial charge in [-0.1, -0.05) is 168 Å². The predicted octanol–water partition coefficient (Wildman–Crippen LogP) is 8.76. The van der Waals surface area contributed by atoms with E-state index in [0.29, 0.717) is 12.8 Å². The summed E-state index contributed by atoms with van der Waals surface area (Å²) in [5.41, 5.74) is 0. The number of aliphatic hydroxyl groups is 3. The van der Waals surface area contributed by atoms with E-state index in [9.17, 15) is 20.1 Å². The number of rotatable bonds is 31. The third-order valence-corrected chi connectivity index (χ3v) is 8.17. The highest BCUT2D eigenvalue weighted by Crippen LogP contribution is 2.15. The highest BCUT2D eigenvalue weighted by Gasteiger charge is 2.21. The first kappa shape index (κ1) is 38.4. The first-order chi connectivity index (χ1) is 19.0. The summed E-state index contributed by atoms with van der Waals surface area (Å²) in [5.74, 6) is -0.283. The average molecular weight is 556 g/mol. The summed E-state index contributed by atoms with van der Waals surface area (Å²) in [6, 6.07) is -0.649. The van der Waals surface area contributed by atoms with E-state index in [4.69, 9.17) is 0 Å². The van der Waals surface area contributed by atoms with Crippen molar-refractivity contribution in [3.63, 3.8) is 0 Å². The molecule has 5 heteroatoms. The lowest BCUT2D eigenvalue weighted by Crippen LogP contribution is -2.46. The second kappa shape index (κ2) is 30.3. The third kappa shape index (κ3) is 27.3. The molecule has 0 heterocycles. The van der Waals surface area contributed by atoms with Crippen LogP contribution in [-0.4, -0.2) is 46.1 Å². The van der Waals surface area contributed by atoms with Crippen LogP contribution in [0.4, 0.5) is 0 Å². The van der Waals surface area contributed by atoms with Crippen molar-refractivity contribution >= 4 is 5.91 Å². The largest absolute Gasteiger partial charge is 0.394 e. The van der Waals surface area contributed by atoms with E-state index in [1.54, 1.807) is 0 Å². The maximum Gasteiger partial charge on any atom is 0.222 e. The zero-order valence-corrected chi connectivity index (χ0v) is 26.3. The second-order valence-corrected chi connectivity index (χ2v) is 12.1. The minimum atomic E-state index is -0.740. The van der Waals surface area contributed by atoms with Gasteiger partial charge in [-0.05, 0) is 12.8 Å². The summed E-state index contributed by atoms with van der Waals surface area (Å²) in [5, 5.41) is 33.1. The summed E-state index contributed by atoms with van der Waals surface area (Å²) >= 11 is 0. The fourth-order valence-corrected chi connectivity index (χ4v) is 5.46. The number of hydrogen-bond acceptors (Lipinski definition) is 4. The Morgan fingerprint density at radius 1 is 0.538 bits per heavy atom. The molecule has 0 aliphatic carbocycles. The molecule has 0 rings (SSSR count). The van der Waals surface area contributed by atoms with Crippen LogP contribution >= 0.6 is 0 Å². The standard InChI is InChI=1S/C34H69NO4/c1-3-5-7-9-11-13-15-17-19-21-23-25-27-31(37)29-34(39)35-32(30-36)33(38)28-26-24-22-20-18-16-14-12-10-8-6-4-2/h31-33,36-38H,3-30H2,1-2H3,(H,35,39)/t31-,32-,33+/m0/s1. The highest BCUT2D eigenvalue weighted by atomic mass is 16.3. The SMILES string of the molecule is CCCCCCCCCCCCCC[C@H](O)CC(=O)N[C@@H](CO)[C@H](O)CCCCCCCCCCCCCC. The van der Waals surface area contributed by atoms with E-state index >= 15 is 0 Å². The van der Waals surface area contributed by atoms with Crippen LogP contribution in [0.25, 0.3) is 0 Å². The molecule has 5 nitrogen and oxygen atoms in total. The second-order valence-electron chi connectivity index (χ2n) is 12.1. The first-order valence-corrected chi connectivity index (χ1v) is 17.3. The molecule has 4 N–H and O–H groups in total. The normalized spacial score (nSPS) is 13.9. The van der Waals surface area contributed by atoms with E-state index < -0.39 is 18.2 Å². The zero-order chi connectivity index (χ0) is 28.8. The predicted molar refractivity (Wildman–Crippen MR) is 167 cm³/mol. The van der Waals surface area contributed by atoms with Gasteiger partial charge < -0.3 is 20.6 Å². The first-order valence-electron chi connectivity index (χ1n) is 17.3. The minimum absolute atomic E-state index is 0.0415. The van der Waals surface area contributed by atoms with Crippen LogP contribution in [0.1, 0.15) is 187 Å². The van der Waals surface area contributed by atoms with Crippen LogP contribution in [0.3, 0.4) is 0 Å². The Hall–Kier alpha value is -0.650. The Morgan fingerprint density at radius 3 is 1.23 bits per heavy atom. The summed E-state index contributed by atoms with van der Waals surface area (Å²) in [6.45, 7) is 4.24. The molecule has 0 aliphatic rings. The molecule has 39 heavy (non-hydrogen) atoms. The fourth-order valence-electron chi connectivity index (χ4n) is 5.46. The van der Waals surface area contributed by atoms with Gasteiger partial charge in [0.25, 0.3) is 0 Å². The van der Waals surface area contributed by atoms with Crippen LogP contribution in [0.15, 0.2) is 0 Å². The van der Waals surface area contributed by atoms with Crippen LogP contribution in [0.2, 0.25) is 0 Å². The molecule has 234 valence electrons. The molecule has 0 fully saturated rings. The van der Waals surface area contributed by atoms with E-state index in [-0.39, 0.29) is 18.9 Å². The topological polar surface area (TPSA) is 89.8 Å². The lowest BCUT2D eigenvalue weighted by molar-refractivity contribution is -0.125. The Bertz CT molecular complexity index is 502. The van der Waals surface area contributed by atoms with Crippen molar-refractivity contribution in [1.82, 2.24) is 5.32 Å². The van der Waals surface area contributed by atoms with E-state index in [2.05, 4.69) is 19.2 Å². The lowest BCUT2D eigenvalue weighted by atomic mass is 10.0. The lowest BCUT2D eigenvalue weighted by Gasteiger charge is -2.23. The van der Waals surface area contributed by atoms with Gasteiger partial charge in [0, 0.05) is 0 Å².